The van der Waals surface area contributed by atoms with Gasteiger partial charge in [0, 0.05) is 16.0 Å². The zero-order valence-corrected chi connectivity index (χ0v) is 15.0. The first-order valence-electron chi connectivity index (χ1n) is 8.43. The van der Waals surface area contributed by atoms with E-state index in [0.29, 0.717) is 10.6 Å². The van der Waals surface area contributed by atoms with Crippen molar-refractivity contribution in [3.8, 4) is 0 Å². The summed E-state index contributed by atoms with van der Waals surface area (Å²) >= 11 is 5.90. The number of rotatable bonds is 4. The Hall–Kier alpha value is -2.85. The van der Waals surface area contributed by atoms with E-state index in [-0.39, 0.29) is 24.4 Å². The van der Waals surface area contributed by atoms with Gasteiger partial charge in [-0.05, 0) is 42.1 Å². The van der Waals surface area contributed by atoms with Crippen LogP contribution >= 0.6 is 11.6 Å². The van der Waals surface area contributed by atoms with Gasteiger partial charge in [-0.3, -0.25) is 14.5 Å². The predicted octanol–water partition coefficient (Wildman–Crippen LogP) is 4.33. The second-order valence-electron chi connectivity index (χ2n) is 6.41. The first kappa shape index (κ1) is 16.6. The maximum atomic E-state index is 12.7. The van der Waals surface area contributed by atoms with E-state index in [1.807, 2.05) is 55.5 Å². The highest BCUT2D eigenvalue weighted by atomic mass is 35.5. The minimum Gasteiger partial charge on any atom is -0.348 e. The number of carbonyl (C=O) groups is 2. The Labute approximate surface area is 156 Å². The van der Waals surface area contributed by atoms with Crippen molar-refractivity contribution in [1.82, 2.24) is 5.32 Å². The second kappa shape index (κ2) is 6.46. The predicted molar refractivity (Wildman–Crippen MR) is 104 cm³/mol. The summed E-state index contributed by atoms with van der Waals surface area (Å²) in [7, 11) is 0. The molecule has 3 aromatic carbocycles. The molecular formula is C21H17ClN2O2. The van der Waals surface area contributed by atoms with Gasteiger partial charge in [0.2, 0.25) is 5.91 Å². The summed E-state index contributed by atoms with van der Waals surface area (Å²) in [5.41, 5.74) is 2.40. The molecule has 0 aliphatic carbocycles. The number of nitrogens with zero attached hydrogens (tertiary/aromatic N) is 1. The van der Waals surface area contributed by atoms with E-state index in [2.05, 4.69) is 5.32 Å². The van der Waals surface area contributed by atoms with Crippen LogP contribution in [0.5, 0.6) is 0 Å². The number of carbonyl (C=O) groups excluding carboxylic acids is 2. The van der Waals surface area contributed by atoms with Crippen LogP contribution in [0, 0.1) is 0 Å². The van der Waals surface area contributed by atoms with E-state index < -0.39 is 0 Å². The van der Waals surface area contributed by atoms with Gasteiger partial charge in [-0.15, -0.1) is 0 Å². The molecule has 0 aromatic heterocycles. The van der Waals surface area contributed by atoms with Gasteiger partial charge in [0.1, 0.15) is 6.54 Å². The molecular weight excluding hydrogens is 348 g/mol. The Morgan fingerprint density at radius 3 is 2.50 bits per heavy atom. The molecule has 1 aliphatic heterocycles. The summed E-state index contributed by atoms with van der Waals surface area (Å²) in [4.78, 5) is 26.8. The molecule has 5 heteroatoms. The van der Waals surface area contributed by atoms with E-state index in [1.165, 1.54) is 0 Å². The lowest BCUT2D eigenvalue weighted by Gasteiger charge is -2.20. The van der Waals surface area contributed by atoms with Crippen LogP contribution in [0.4, 0.5) is 5.69 Å². The van der Waals surface area contributed by atoms with Crippen molar-refractivity contribution in [3.63, 3.8) is 0 Å². The van der Waals surface area contributed by atoms with Crippen LogP contribution in [-0.4, -0.2) is 18.4 Å². The molecule has 1 aliphatic rings. The first-order chi connectivity index (χ1) is 12.5. The summed E-state index contributed by atoms with van der Waals surface area (Å²) in [5, 5.41) is 5.52. The van der Waals surface area contributed by atoms with Crippen LogP contribution in [0.1, 0.15) is 28.9 Å². The van der Waals surface area contributed by atoms with Gasteiger partial charge in [0.15, 0.2) is 0 Å². The molecule has 2 amide bonds. The van der Waals surface area contributed by atoms with Gasteiger partial charge in [0.05, 0.1) is 11.7 Å². The molecule has 0 bridgehead atoms. The highest BCUT2D eigenvalue weighted by Crippen LogP contribution is 2.36. The van der Waals surface area contributed by atoms with Crippen molar-refractivity contribution in [2.45, 2.75) is 13.0 Å². The summed E-state index contributed by atoms with van der Waals surface area (Å²) in [6.07, 6.45) is 0. The van der Waals surface area contributed by atoms with Crippen LogP contribution in [-0.2, 0) is 4.79 Å². The van der Waals surface area contributed by atoms with Crippen LogP contribution < -0.4 is 10.2 Å². The van der Waals surface area contributed by atoms with E-state index in [9.17, 15) is 9.59 Å². The van der Waals surface area contributed by atoms with Crippen molar-refractivity contribution in [2.75, 3.05) is 11.4 Å². The summed E-state index contributed by atoms with van der Waals surface area (Å²) in [6, 6.07) is 18.6. The molecule has 130 valence electrons. The third-order valence-electron chi connectivity index (χ3n) is 4.70. The molecule has 0 fully saturated rings. The lowest BCUT2D eigenvalue weighted by Crippen LogP contribution is -2.39. The minimum absolute atomic E-state index is 0.00937. The first-order valence-corrected chi connectivity index (χ1v) is 8.81. The summed E-state index contributed by atoms with van der Waals surface area (Å²) < 4.78 is 0. The average Bonchev–Trinajstić information content (AvgIpc) is 2.90. The molecule has 0 saturated carbocycles. The number of hydrogen-bond donors (Lipinski definition) is 1. The zero-order valence-electron chi connectivity index (χ0n) is 14.2. The van der Waals surface area contributed by atoms with E-state index in [0.717, 1.165) is 22.0 Å². The molecule has 4 rings (SSSR count). The largest absolute Gasteiger partial charge is 0.348 e. The van der Waals surface area contributed by atoms with Gasteiger partial charge in [-0.1, -0.05) is 48.0 Å². The summed E-state index contributed by atoms with van der Waals surface area (Å²) in [5.74, 6) is -0.336. The fourth-order valence-electron chi connectivity index (χ4n) is 3.40. The quantitative estimate of drug-likeness (QED) is 0.749. The standard InChI is InChI=1S/C21H17ClN2O2/c1-13(14-8-10-16(22)11-9-14)23-19(25)12-24-18-7-3-5-15-4-2-6-17(20(15)18)21(24)26/h2-11,13H,12H2,1H3,(H,23,25). The number of hydrogen-bond acceptors (Lipinski definition) is 2. The second-order valence-corrected chi connectivity index (χ2v) is 6.85. The third-order valence-corrected chi connectivity index (χ3v) is 4.95. The maximum absolute atomic E-state index is 12.7. The molecule has 1 atom stereocenters. The lowest BCUT2D eigenvalue weighted by molar-refractivity contribution is -0.120. The molecule has 1 N–H and O–H groups in total. The molecule has 4 nitrogen and oxygen atoms in total. The smallest absolute Gasteiger partial charge is 0.259 e. The Kier molecular flexibility index (Phi) is 4.13. The molecule has 0 saturated heterocycles. The lowest BCUT2D eigenvalue weighted by atomic mass is 10.1. The molecule has 0 radical (unpaired) electrons. The average molecular weight is 365 g/mol. The van der Waals surface area contributed by atoms with Crippen molar-refractivity contribution in [1.29, 1.82) is 0 Å². The maximum Gasteiger partial charge on any atom is 0.259 e. The van der Waals surface area contributed by atoms with Crippen molar-refractivity contribution >= 4 is 39.9 Å². The highest BCUT2D eigenvalue weighted by Gasteiger charge is 2.31. The molecule has 0 spiro atoms. The van der Waals surface area contributed by atoms with E-state index >= 15 is 0 Å². The number of halogens is 1. The van der Waals surface area contributed by atoms with Crippen LogP contribution in [0.15, 0.2) is 60.7 Å². The van der Waals surface area contributed by atoms with Crippen LogP contribution in [0.3, 0.4) is 0 Å². The fraction of sp³-hybridized carbons (Fsp3) is 0.143. The fourth-order valence-corrected chi connectivity index (χ4v) is 3.53. The Morgan fingerprint density at radius 1 is 1.08 bits per heavy atom. The molecule has 1 heterocycles. The molecule has 1 unspecified atom stereocenters. The minimum atomic E-state index is -0.203. The zero-order chi connectivity index (χ0) is 18.3. The van der Waals surface area contributed by atoms with Gasteiger partial charge in [-0.2, -0.15) is 0 Å². The van der Waals surface area contributed by atoms with Crippen LogP contribution in [0.25, 0.3) is 10.8 Å². The number of benzene rings is 3. The van der Waals surface area contributed by atoms with Crippen molar-refractivity contribution in [2.24, 2.45) is 0 Å². The van der Waals surface area contributed by atoms with Gasteiger partial charge in [-0.25, -0.2) is 0 Å². The Morgan fingerprint density at radius 2 is 1.77 bits per heavy atom. The van der Waals surface area contributed by atoms with Crippen LogP contribution in [0.2, 0.25) is 5.02 Å². The van der Waals surface area contributed by atoms with E-state index in [4.69, 9.17) is 11.6 Å². The van der Waals surface area contributed by atoms with E-state index in [1.54, 1.807) is 17.0 Å². The topological polar surface area (TPSA) is 49.4 Å². The van der Waals surface area contributed by atoms with Gasteiger partial charge in [0.25, 0.3) is 5.91 Å². The number of nitrogens with one attached hydrogen (secondary N) is 1. The number of amides is 2. The Balaban J connectivity index is 1.53. The monoisotopic (exact) mass is 364 g/mol. The Bertz CT molecular complexity index is 1010. The molecule has 26 heavy (non-hydrogen) atoms. The highest BCUT2D eigenvalue weighted by molar-refractivity contribution is 6.30. The van der Waals surface area contributed by atoms with Gasteiger partial charge < -0.3 is 5.32 Å². The van der Waals surface area contributed by atoms with Crippen molar-refractivity contribution in [3.05, 3.63) is 76.8 Å². The van der Waals surface area contributed by atoms with Crippen molar-refractivity contribution < 1.29 is 9.59 Å². The number of anilines is 1. The van der Waals surface area contributed by atoms with Gasteiger partial charge >= 0.3 is 0 Å². The molecule has 3 aromatic rings. The normalized spacial score (nSPS) is 13.9. The third kappa shape index (κ3) is 2.82. The SMILES string of the molecule is CC(NC(=O)CN1C(=O)c2cccc3cccc1c23)c1ccc(Cl)cc1. The summed E-state index contributed by atoms with van der Waals surface area (Å²) in [6.45, 7) is 1.90.